The van der Waals surface area contributed by atoms with E-state index in [0.29, 0.717) is 27.6 Å². The van der Waals surface area contributed by atoms with E-state index in [1.54, 1.807) is 73.7 Å². The van der Waals surface area contributed by atoms with Crippen molar-refractivity contribution in [1.29, 1.82) is 5.26 Å². The number of halogens is 1. The molecule has 1 amide bonds. The van der Waals surface area contributed by atoms with Crippen LogP contribution in [0.1, 0.15) is 27.0 Å². The average molecular weight is 461 g/mol. The molecule has 0 spiro atoms. The van der Waals surface area contributed by atoms with Gasteiger partial charge in [-0.05, 0) is 66.1 Å². The number of nitriles is 1. The standard InChI is InChI=1S/C26H21ClN2O4/c1-17-23(27)7-4-8-24(17)29-25(30)21(15-28)13-19-5-3-6-22(14-19)33-16-18-9-11-20(12-10-18)26(31)32-2/h3-14H,16H2,1-2H3,(H,29,30). The monoisotopic (exact) mass is 460 g/mol. The maximum atomic E-state index is 12.6. The van der Waals surface area contributed by atoms with Gasteiger partial charge in [0.2, 0.25) is 0 Å². The predicted molar refractivity (Wildman–Crippen MR) is 127 cm³/mol. The summed E-state index contributed by atoms with van der Waals surface area (Å²) in [6, 6.07) is 21.1. The van der Waals surface area contributed by atoms with Crippen LogP contribution >= 0.6 is 11.6 Å². The summed E-state index contributed by atoms with van der Waals surface area (Å²) in [6.07, 6.45) is 1.49. The molecule has 0 fully saturated rings. The first-order valence-electron chi connectivity index (χ1n) is 9.99. The van der Waals surface area contributed by atoms with E-state index in [0.717, 1.165) is 11.1 Å². The van der Waals surface area contributed by atoms with Gasteiger partial charge in [0.1, 0.15) is 24.0 Å². The largest absolute Gasteiger partial charge is 0.489 e. The van der Waals surface area contributed by atoms with E-state index < -0.39 is 11.9 Å². The molecule has 0 saturated heterocycles. The minimum atomic E-state index is -0.528. The maximum Gasteiger partial charge on any atom is 0.337 e. The average Bonchev–Trinajstić information content (AvgIpc) is 2.84. The number of rotatable bonds is 7. The van der Waals surface area contributed by atoms with Crippen LogP contribution in [0.3, 0.4) is 0 Å². The first-order chi connectivity index (χ1) is 15.9. The lowest BCUT2D eigenvalue weighted by Gasteiger charge is -2.09. The second kappa shape index (κ2) is 11.0. The van der Waals surface area contributed by atoms with Crippen LogP contribution < -0.4 is 10.1 Å². The molecule has 0 saturated carbocycles. The lowest BCUT2D eigenvalue weighted by atomic mass is 10.1. The Balaban J connectivity index is 1.69. The van der Waals surface area contributed by atoms with Crippen LogP contribution in [0.2, 0.25) is 5.02 Å². The molecule has 0 aliphatic carbocycles. The SMILES string of the molecule is COC(=O)c1ccc(COc2cccc(C=C(C#N)C(=O)Nc3cccc(Cl)c3C)c2)cc1. The second-order valence-electron chi connectivity index (χ2n) is 7.09. The highest BCUT2D eigenvalue weighted by Crippen LogP contribution is 2.24. The van der Waals surface area contributed by atoms with Crippen molar-refractivity contribution in [2.75, 3.05) is 12.4 Å². The highest BCUT2D eigenvalue weighted by Gasteiger charge is 2.12. The fraction of sp³-hybridized carbons (Fsp3) is 0.115. The number of hydrogen-bond acceptors (Lipinski definition) is 5. The van der Waals surface area contributed by atoms with Gasteiger partial charge in [-0.2, -0.15) is 5.26 Å². The summed E-state index contributed by atoms with van der Waals surface area (Å²) in [7, 11) is 1.33. The molecule has 3 aromatic rings. The lowest BCUT2D eigenvalue weighted by molar-refractivity contribution is -0.112. The first kappa shape index (κ1) is 23.6. The number of amides is 1. The Morgan fingerprint density at radius 3 is 2.52 bits per heavy atom. The van der Waals surface area contributed by atoms with Gasteiger partial charge in [-0.25, -0.2) is 4.79 Å². The van der Waals surface area contributed by atoms with Crippen molar-refractivity contribution < 1.29 is 19.1 Å². The van der Waals surface area contributed by atoms with Crippen molar-refractivity contribution in [3.05, 3.63) is 99.6 Å². The summed E-state index contributed by atoms with van der Waals surface area (Å²) in [4.78, 5) is 24.1. The molecule has 33 heavy (non-hydrogen) atoms. The van der Waals surface area contributed by atoms with Crippen molar-refractivity contribution in [2.24, 2.45) is 0 Å². The third kappa shape index (κ3) is 6.22. The number of nitrogens with one attached hydrogen (secondary N) is 1. The van der Waals surface area contributed by atoms with E-state index in [1.165, 1.54) is 13.2 Å². The number of ether oxygens (including phenoxy) is 2. The molecule has 6 nitrogen and oxygen atoms in total. The van der Waals surface area contributed by atoms with Crippen molar-refractivity contribution in [1.82, 2.24) is 0 Å². The van der Waals surface area contributed by atoms with Gasteiger partial charge in [-0.3, -0.25) is 4.79 Å². The van der Waals surface area contributed by atoms with Gasteiger partial charge in [-0.1, -0.05) is 41.9 Å². The third-order valence-electron chi connectivity index (χ3n) is 4.83. The molecule has 0 aliphatic rings. The van der Waals surface area contributed by atoms with Gasteiger partial charge in [0, 0.05) is 10.7 Å². The molecular weight excluding hydrogens is 440 g/mol. The van der Waals surface area contributed by atoms with E-state index in [4.69, 9.17) is 16.3 Å². The molecule has 7 heteroatoms. The van der Waals surface area contributed by atoms with E-state index in [2.05, 4.69) is 10.1 Å². The van der Waals surface area contributed by atoms with Gasteiger partial charge in [0.05, 0.1) is 12.7 Å². The number of esters is 1. The number of carbonyl (C=O) groups excluding carboxylic acids is 2. The fourth-order valence-electron chi connectivity index (χ4n) is 2.96. The Morgan fingerprint density at radius 1 is 1.09 bits per heavy atom. The molecule has 0 aromatic heterocycles. The topological polar surface area (TPSA) is 88.4 Å². The van der Waals surface area contributed by atoms with Crippen LogP contribution in [0.4, 0.5) is 5.69 Å². The molecule has 0 unspecified atom stereocenters. The van der Waals surface area contributed by atoms with Crippen molar-refractivity contribution in [3.63, 3.8) is 0 Å². The highest BCUT2D eigenvalue weighted by molar-refractivity contribution is 6.31. The number of anilines is 1. The molecule has 0 aliphatic heterocycles. The summed E-state index contributed by atoms with van der Waals surface area (Å²) in [5, 5.41) is 12.7. The maximum absolute atomic E-state index is 12.6. The summed E-state index contributed by atoms with van der Waals surface area (Å²) in [5.74, 6) is -0.353. The van der Waals surface area contributed by atoms with E-state index >= 15 is 0 Å². The van der Waals surface area contributed by atoms with E-state index in [1.807, 2.05) is 6.07 Å². The summed E-state index contributed by atoms with van der Waals surface area (Å²) in [5.41, 5.74) is 3.19. The number of benzene rings is 3. The van der Waals surface area contributed by atoms with Crippen LogP contribution in [-0.2, 0) is 16.1 Å². The van der Waals surface area contributed by atoms with Crippen molar-refractivity contribution in [3.8, 4) is 11.8 Å². The normalized spacial score (nSPS) is 10.8. The number of nitrogens with zero attached hydrogens (tertiary/aromatic N) is 1. The third-order valence-corrected chi connectivity index (χ3v) is 5.24. The summed E-state index contributed by atoms with van der Waals surface area (Å²) in [6.45, 7) is 2.08. The zero-order valence-corrected chi connectivity index (χ0v) is 18.8. The number of hydrogen-bond donors (Lipinski definition) is 1. The Kier molecular flexibility index (Phi) is 7.85. The molecular formula is C26H21ClN2O4. The van der Waals surface area contributed by atoms with Gasteiger partial charge < -0.3 is 14.8 Å². The quantitative estimate of drug-likeness (QED) is 0.283. The Morgan fingerprint density at radius 2 is 1.82 bits per heavy atom. The van der Waals surface area contributed by atoms with E-state index in [9.17, 15) is 14.9 Å². The molecule has 0 heterocycles. The zero-order chi connectivity index (χ0) is 23.8. The second-order valence-corrected chi connectivity index (χ2v) is 7.49. The van der Waals surface area contributed by atoms with Crippen LogP contribution in [0, 0.1) is 18.3 Å². The first-order valence-corrected chi connectivity index (χ1v) is 10.4. The predicted octanol–water partition coefficient (Wildman–Crippen LogP) is 5.56. The molecule has 3 rings (SSSR count). The molecule has 0 radical (unpaired) electrons. The van der Waals surface area contributed by atoms with Crippen LogP contribution in [0.15, 0.2) is 72.3 Å². The Hall–Kier alpha value is -4.08. The van der Waals surface area contributed by atoms with Crippen LogP contribution in [0.25, 0.3) is 6.08 Å². The lowest BCUT2D eigenvalue weighted by Crippen LogP contribution is -2.14. The van der Waals surface area contributed by atoms with Crippen molar-refractivity contribution in [2.45, 2.75) is 13.5 Å². The number of carbonyl (C=O) groups is 2. The van der Waals surface area contributed by atoms with Crippen LogP contribution in [0.5, 0.6) is 5.75 Å². The van der Waals surface area contributed by atoms with Gasteiger partial charge in [0.15, 0.2) is 0 Å². The summed E-state index contributed by atoms with van der Waals surface area (Å²) >= 11 is 6.09. The van der Waals surface area contributed by atoms with E-state index in [-0.39, 0.29) is 12.2 Å². The Bertz CT molecular complexity index is 1240. The van der Waals surface area contributed by atoms with Gasteiger partial charge >= 0.3 is 5.97 Å². The molecule has 0 atom stereocenters. The van der Waals surface area contributed by atoms with Crippen LogP contribution in [-0.4, -0.2) is 19.0 Å². The van der Waals surface area contributed by atoms with Gasteiger partial charge in [-0.15, -0.1) is 0 Å². The highest BCUT2D eigenvalue weighted by atomic mass is 35.5. The van der Waals surface area contributed by atoms with Gasteiger partial charge in [0.25, 0.3) is 5.91 Å². The fourth-order valence-corrected chi connectivity index (χ4v) is 3.14. The number of methoxy groups -OCH3 is 1. The minimum absolute atomic E-state index is 0.0510. The molecule has 166 valence electrons. The summed E-state index contributed by atoms with van der Waals surface area (Å²) < 4.78 is 10.5. The Labute approximate surface area is 197 Å². The zero-order valence-electron chi connectivity index (χ0n) is 18.1. The van der Waals surface area contributed by atoms with Crippen molar-refractivity contribution >= 4 is 35.2 Å². The molecule has 1 N–H and O–H groups in total. The smallest absolute Gasteiger partial charge is 0.337 e. The minimum Gasteiger partial charge on any atom is -0.489 e. The molecule has 3 aromatic carbocycles. The molecule has 0 bridgehead atoms.